The zero-order chi connectivity index (χ0) is 14.5. The van der Waals surface area contributed by atoms with Crippen molar-refractivity contribution in [3.8, 4) is 5.75 Å². The number of amides is 1. The molecule has 0 fully saturated rings. The Labute approximate surface area is 115 Å². The maximum Gasteiger partial charge on any atom is 0.237 e. The standard InChI is InChI=1S/C15H24N2O2/c1-5-11-6-7-13(12(10-11)15(2,3)4)19-9-8-14(18)17-16/h6-7,10H,5,8-9,16H2,1-4H3,(H,17,18). The van der Waals surface area contributed by atoms with E-state index in [2.05, 4.69) is 45.3 Å². The van der Waals surface area contributed by atoms with Gasteiger partial charge in [0.25, 0.3) is 0 Å². The highest BCUT2D eigenvalue weighted by Crippen LogP contribution is 2.32. The van der Waals surface area contributed by atoms with Gasteiger partial charge in [0.2, 0.25) is 5.91 Å². The van der Waals surface area contributed by atoms with Crippen LogP contribution in [0.5, 0.6) is 5.75 Å². The molecule has 0 saturated heterocycles. The van der Waals surface area contributed by atoms with Crippen molar-refractivity contribution in [2.24, 2.45) is 5.84 Å². The van der Waals surface area contributed by atoms with Crippen molar-refractivity contribution in [2.75, 3.05) is 6.61 Å². The highest BCUT2D eigenvalue weighted by Gasteiger charge is 2.19. The van der Waals surface area contributed by atoms with Crippen molar-refractivity contribution in [3.63, 3.8) is 0 Å². The van der Waals surface area contributed by atoms with Gasteiger partial charge in [0.1, 0.15) is 5.75 Å². The molecule has 0 spiro atoms. The van der Waals surface area contributed by atoms with Gasteiger partial charge in [-0.15, -0.1) is 0 Å². The van der Waals surface area contributed by atoms with E-state index in [4.69, 9.17) is 10.6 Å². The van der Waals surface area contributed by atoms with Gasteiger partial charge in [-0.1, -0.05) is 39.8 Å². The van der Waals surface area contributed by atoms with E-state index in [9.17, 15) is 4.79 Å². The summed E-state index contributed by atoms with van der Waals surface area (Å²) in [7, 11) is 0. The third-order valence-corrected chi connectivity index (χ3v) is 3.01. The number of carbonyl (C=O) groups excluding carboxylic acids is 1. The van der Waals surface area contributed by atoms with E-state index in [0.717, 1.165) is 12.2 Å². The van der Waals surface area contributed by atoms with Gasteiger partial charge in [-0.2, -0.15) is 0 Å². The number of hydrogen-bond donors (Lipinski definition) is 2. The van der Waals surface area contributed by atoms with Gasteiger partial charge < -0.3 is 4.74 Å². The molecule has 106 valence electrons. The Balaban J connectivity index is 2.85. The van der Waals surface area contributed by atoms with E-state index in [1.165, 1.54) is 11.1 Å². The minimum atomic E-state index is -0.220. The Hall–Kier alpha value is -1.55. The molecular weight excluding hydrogens is 240 g/mol. The van der Waals surface area contributed by atoms with Crippen LogP contribution in [0.1, 0.15) is 45.2 Å². The fourth-order valence-electron chi connectivity index (χ4n) is 1.83. The Morgan fingerprint density at radius 1 is 1.37 bits per heavy atom. The van der Waals surface area contributed by atoms with Crippen molar-refractivity contribution in [1.29, 1.82) is 0 Å². The molecule has 1 aromatic rings. The Bertz CT molecular complexity index is 436. The molecule has 3 N–H and O–H groups in total. The van der Waals surface area contributed by atoms with E-state index in [1.54, 1.807) is 0 Å². The van der Waals surface area contributed by atoms with Crippen LogP contribution in [0.15, 0.2) is 18.2 Å². The number of benzene rings is 1. The number of hydrazine groups is 1. The Morgan fingerprint density at radius 2 is 2.05 bits per heavy atom. The molecule has 19 heavy (non-hydrogen) atoms. The summed E-state index contributed by atoms with van der Waals surface area (Å²) >= 11 is 0. The summed E-state index contributed by atoms with van der Waals surface area (Å²) in [5, 5.41) is 0. The number of carbonyl (C=O) groups is 1. The summed E-state index contributed by atoms with van der Waals surface area (Å²) in [5.41, 5.74) is 4.56. The fourth-order valence-corrected chi connectivity index (χ4v) is 1.83. The summed E-state index contributed by atoms with van der Waals surface area (Å²) in [6.07, 6.45) is 1.26. The Kier molecular flexibility index (Phi) is 5.36. The van der Waals surface area contributed by atoms with Gasteiger partial charge in [0, 0.05) is 0 Å². The quantitative estimate of drug-likeness (QED) is 0.487. The summed E-state index contributed by atoms with van der Waals surface area (Å²) in [4.78, 5) is 11.1. The van der Waals surface area contributed by atoms with Crippen LogP contribution < -0.4 is 16.0 Å². The topological polar surface area (TPSA) is 64.3 Å². The minimum Gasteiger partial charge on any atom is -0.493 e. The van der Waals surface area contributed by atoms with E-state index >= 15 is 0 Å². The summed E-state index contributed by atoms with van der Waals surface area (Å²) < 4.78 is 5.72. The highest BCUT2D eigenvalue weighted by molar-refractivity contribution is 5.75. The molecule has 1 amide bonds. The molecule has 0 radical (unpaired) electrons. The SMILES string of the molecule is CCc1ccc(OCCC(=O)NN)c(C(C)(C)C)c1. The molecule has 0 aliphatic carbocycles. The zero-order valence-electron chi connectivity index (χ0n) is 12.2. The van der Waals surface area contributed by atoms with E-state index in [1.807, 2.05) is 6.07 Å². The third-order valence-electron chi connectivity index (χ3n) is 3.01. The van der Waals surface area contributed by atoms with E-state index in [-0.39, 0.29) is 17.7 Å². The first-order valence-corrected chi connectivity index (χ1v) is 6.64. The molecule has 1 aromatic carbocycles. The van der Waals surface area contributed by atoms with Crippen molar-refractivity contribution >= 4 is 5.91 Å². The van der Waals surface area contributed by atoms with Crippen molar-refractivity contribution in [1.82, 2.24) is 5.43 Å². The van der Waals surface area contributed by atoms with Gasteiger partial charge in [-0.05, 0) is 29.0 Å². The number of aryl methyl sites for hydroxylation is 1. The lowest BCUT2D eigenvalue weighted by atomic mass is 9.85. The first-order valence-electron chi connectivity index (χ1n) is 6.64. The van der Waals surface area contributed by atoms with Crippen molar-refractivity contribution in [3.05, 3.63) is 29.3 Å². The second kappa shape index (κ2) is 6.57. The largest absolute Gasteiger partial charge is 0.493 e. The molecule has 4 heteroatoms. The second-order valence-corrected chi connectivity index (χ2v) is 5.60. The van der Waals surface area contributed by atoms with Crippen molar-refractivity contribution in [2.45, 2.75) is 46.0 Å². The van der Waals surface area contributed by atoms with E-state index < -0.39 is 0 Å². The second-order valence-electron chi connectivity index (χ2n) is 5.60. The summed E-state index contributed by atoms with van der Waals surface area (Å²) in [6.45, 7) is 8.93. The molecule has 0 aliphatic heterocycles. The molecule has 0 bridgehead atoms. The highest BCUT2D eigenvalue weighted by atomic mass is 16.5. The van der Waals surface area contributed by atoms with Gasteiger partial charge in [0.05, 0.1) is 13.0 Å². The Morgan fingerprint density at radius 3 is 2.58 bits per heavy atom. The first kappa shape index (κ1) is 15.5. The molecule has 1 rings (SSSR count). The van der Waals surface area contributed by atoms with Crippen LogP contribution in [0, 0.1) is 0 Å². The third kappa shape index (κ3) is 4.56. The summed E-state index contributed by atoms with van der Waals surface area (Å²) in [5.74, 6) is 5.66. The molecule has 0 aliphatic rings. The number of nitrogens with two attached hydrogens (primary N) is 1. The average molecular weight is 264 g/mol. The molecule has 4 nitrogen and oxygen atoms in total. The first-order chi connectivity index (χ1) is 8.88. The van der Waals surface area contributed by atoms with Crippen LogP contribution in [0.4, 0.5) is 0 Å². The number of hydrogen-bond acceptors (Lipinski definition) is 3. The summed E-state index contributed by atoms with van der Waals surface area (Å²) in [6, 6.07) is 6.23. The lowest BCUT2D eigenvalue weighted by Crippen LogP contribution is -2.31. The molecule has 0 unspecified atom stereocenters. The van der Waals surface area contributed by atoms with Crippen LogP contribution in [0.3, 0.4) is 0 Å². The molecular formula is C15H24N2O2. The minimum absolute atomic E-state index is 0.0106. The van der Waals surface area contributed by atoms with Gasteiger partial charge in [-0.25, -0.2) is 5.84 Å². The van der Waals surface area contributed by atoms with Gasteiger partial charge in [0.15, 0.2) is 0 Å². The van der Waals surface area contributed by atoms with Crippen LogP contribution in [0.25, 0.3) is 0 Å². The number of nitrogens with one attached hydrogen (secondary N) is 1. The van der Waals surface area contributed by atoms with Crippen molar-refractivity contribution < 1.29 is 9.53 Å². The van der Waals surface area contributed by atoms with Crippen LogP contribution in [-0.2, 0) is 16.6 Å². The van der Waals surface area contributed by atoms with Gasteiger partial charge >= 0.3 is 0 Å². The van der Waals surface area contributed by atoms with Crippen LogP contribution >= 0.6 is 0 Å². The van der Waals surface area contributed by atoms with Crippen LogP contribution in [0.2, 0.25) is 0 Å². The average Bonchev–Trinajstić information content (AvgIpc) is 2.37. The smallest absolute Gasteiger partial charge is 0.237 e. The predicted molar refractivity (Wildman–Crippen MR) is 77.0 cm³/mol. The normalized spacial score (nSPS) is 11.2. The molecule has 0 heterocycles. The maximum atomic E-state index is 11.1. The predicted octanol–water partition coefficient (Wildman–Crippen LogP) is 2.31. The van der Waals surface area contributed by atoms with Gasteiger partial charge in [-0.3, -0.25) is 10.2 Å². The van der Waals surface area contributed by atoms with Crippen LogP contribution in [-0.4, -0.2) is 12.5 Å². The fraction of sp³-hybridized carbons (Fsp3) is 0.533. The van der Waals surface area contributed by atoms with E-state index in [0.29, 0.717) is 6.61 Å². The molecule has 0 atom stereocenters. The molecule has 0 aromatic heterocycles. The lowest BCUT2D eigenvalue weighted by molar-refractivity contribution is -0.121. The monoisotopic (exact) mass is 264 g/mol. The number of ether oxygens (including phenoxy) is 1. The zero-order valence-corrected chi connectivity index (χ0v) is 12.2. The molecule has 0 saturated carbocycles. The number of rotatable bonds is 5. The maximum absolute atomic E-state index is 11.1. The lowest BCUT2D eigenvalue weighted by Gasteiger charge is -2.23.